The van der Waals surface area contributed by atoms with Gasteiger partial charge in [-0.3, -0.25) is 9.48 Å². The number of carbonyl (C=O) groups is 1. The molecule has 0 bridgehead atoms. The Kier molecular flexibility index (Phi) is 3.34. The first-order valence-corrected chi connectivity index (χ1v) is 7.55. The predicted octanol–water partition coefficient (Wildman–Crippen LogP) is 1.33. The van der Waals surface area contributed by atoms with E-state index in [0.717, 1.165) is 17.8 Å². The van der Waals surface area contributed by atoms with Gasteiger partial charge in [0, 0.05) is 38.4 Å². The molecule has 1 aliphatic heterocycles. The molecule has 4 rings (SSSR count). The molecule has 23 heavy (non-hydrogen) atoms. The largest absolute Gasteiger partial charge is 0.370 e. The van der Waals surface area contributed by atoms with Crippen molar-refractivity contribution in [1.29, 1.82) is 0 Å². The highest BCUT2D eigenvalue weighted by Crippen LogP contribution is 2.28. The van der Waals surface area contributed by atoms with Gasteiger partial charge in [-0.1, -0.05) is 0 Å². The van der Waals surface area contributed by atoms with Gasteiger partial charge in [0.1, 0.15) is 11.8 Å². The number of amides is 1. The lowest BCUT2D eigenvalue weighted by Crippen LogP contribution is -2.37. The summed E-state index contributed by atoms with van der Waals surface area (Å²) in [4.78, 5) is 16.7. The number of aromatic nitrogens is 4. The van der Waals surface area contributed by atoms with Crippen molar-refractivity contribution in [2.24, 2.45) is 7.05 Å². The number of hydrogen-bond acceptors (Lipinski definition) is 4. The Labute approximate surface area is 132 Å². The molecule has 7 heteroatoms. The quantitative estimate of drug-likeness (QED) is 0.792. The van der Waals surface area contributed by atoms with E-state index >= 15 is 0 Å². The van der Waals surface area contributed by atoms with Gasteiger partial charge in [-0.05, 0) is 24.6 Å². The number of pyridine rings is 1. The standard InChI is InChI=1S/C16H17N5O2/c1-20-13(4-6-18-20)15-12(5-9-23-15)19-16(22)11-2-3-14-17-7-8-21(14)10-11/h2-4,6-8,10,12,15H,5,9H2,1H3,(H,19,22)/t12-,15-/m0/s1. The number of nitrogens with one attached hydrogen (secondary N) is 1. The van der Waals surface area contributed by atoms with Crippen molar-refractivity contribution in [3.63, 3.8) is 0 Å². The Morgan fingerprint density at radius 1 is 1.35 bits per heavy atom. The minimum Gasteiger partial charge on any atom is -0.370 e. The summed E-state index contributed by atoms with van der Waals surface area (Å²) in [5.41, 5.74) is 2.39. The van der Waals surface area contributed by atoms with E-state index in [1.165, 1.54) is 0 Å². The molecule has 0 aromatic carbocycles. The SMILES string of the molecule is Cn1nccc1[C@H]1OCC[C@@H]1NC(=O)c1ccc2nccn2c1. The number of rotatable bonds is 3. The molecule has 118 valence electrons. The number of hydrogen-bond donors (Lipinski definition) is 1. The Morgan fingerprint density at radius 2 is 2.26 bits per heavy atom. The highest BCUT2D eigenvalue weighted by Gasteiger charge is 2.33. The van der Waals surface area contributed by atoms with Gasteiger partial charge in [-0.2, -0.15) is 5.10 Å². The molecule has 0 radical (unpaired) electrons. The van der Waals surface area contributed by atoms with Crippen LogP contribution in [-0.2, 0) is 11.8 Å². The molecule has 7 nitrogen and oxygen atoms in total. The summed E-state index contributed by atoms with van der Waals surface area (Å²) in [6.45, 7) is 0.626. The van der Waals surface area contributed by atoms with Gasteiger partial charge >= 0.3 is 0 Å². The zero-order valence-electron chi connectivity index (χ0n) is 12.7. The maximum Gasteiger partial charge on any atom is 0.253 e. The lowest BCUT2D eigenvalue weighted by atomic mass is 10.1. The second kappa shape index (κ2) is 5.51. The van der Waals surface area contributed by atoms with E-state index in [2.05, 4.69) is 15.4 Å². The summed E-state index contributed by atoms with van der Waals surface area (Å²) >= 11 is 0. The van der Waals surface area contributed by atoms with E-state index in [1.54, 1.807) is 29.3 Å². The van der Waals surface area contributed by atoms with Crippen LogP contribution in [0.1, 0.15) is 28.6 Å². The van der Waals surface area contributed by atoms with Gasteiger partial charge in [-0.25, -0.2) is 4.98 Å². The highest BCUT2D eigenvalue weighted by atomic mass is 16.5. The highest BCUT2D eigenvalue weighted by molar-refractivity contribution is 5.94. The minimum atomic E-state index is -0.163. The van der Waals surface area contributed by atoms with E-state index in [4.69, 9.17) is 4.74 Å². The van der Waals surface area contributed by atoms with Crippen molar-refractivity contribution in [3.05, 3.63) is 54.2 Å². The number of imidazole rings is 1. The molecule has 2 atom stereocenters. The fourth-order valence-corrected chi connectivity index (χ4v) is 3.00. The summed E-state index contributed by atoms with van der Waals surface area (Å²) in [7, 11) is 1.88. The average molecular weight is 311 g/mol. The van der Waals surface area contributed by atoms with Gasteiger partial charge in [0.15, 0.2) is 0 Å². The molecule has 0 saturated carbocycles. The number of ether oxygens (including phenoxy) is 1. The van der Waals surface area contributed by atoms with Crippen molar-refractivity contribution >= 4 is 11.6 Å². The summed E-state index contributed by atoms with van der Waals surface area (Å²) in [5.74, 6) is -0.108. The molecule has 1 aliphatic rings. The Balaban J connectivity index is 1.54. The lowest BCUT2D eigenvalue weighted by Gasteiger charge is -2.20. The third-order valence-electron chi connectivity index (χ3n) is 4.21. The Bertz CT molecular complexity index is 853. The minimum absolute atomic E-state index is 0.0589. The number of aryl methyl sites for hydroxylation is 1. The second-order valence-electron chi connectivity index (χ2n) is 5.65. The Morgan fingerprint density at radius 3 is 3.09 bits per heavy atom. The topological polar surface area (TPSA) is 73.4 Å². The first-order valence-electron chi connectivity index (χ1n) is 7.55. The van der Waals surface area contributed by atoms with Gasteiger partial charge in [0.25, 0.3) is 5.91 Å². The molecular weight excluding hydrogens is 294 g/mol. The van der Waals surface area contributed by atoms with Crippen molar-refractivity contribution in [3.8, 4) is 0 Å². The molecule has 4 heterocycles. The molecule has 0 spiro atoms. The van der Waals surface area contributed by atoms with E-state index < -0.39 is 0 Å². The van der Waals surface area contributed by atoms with Crippen LogP contribution in [0.5, 0.6) is 0 Å². The summed E-state index contributed by atoms with van der Waals surface area (Å²) in [6.07, 6.45) is 7.68. The van der Waals surface area contributed by atoms with Crippen LogP contribution < -0.4 is 5.32 Å². The second-order valence-corrected chi connectivity index (χ2v) is 5.65. The van der Waals surface area contributed by atoms with E-state index in [-0.39, 0.29) is 18.1 Å². The van der Waals surface area contributed by atoms with Crippen LogP contribution in [0.25, 0.3) is 5.65 Å². The maximum absolute atomic E-state index is 12.5. The van der Waals surface area contributed by atoms with Crippen LogP contribution in [0.15, 0.2) is 43.0 Å². The van der Waals surface area contributed by atoms with Crippen LogP contribution >= 0.6 is 0 Å². The normalized spacial score (nSPS) is 20.9. The van der Waals surface area contributed by atoms with Gasteiger partial charge in [-0.15, -0.1) is 0 Å². The van der Waals surface area contributed by atoms with Crippen molar-refractivity contribution in [2.45, 2.75) is 18.6 Å². The number of fused-ring (bicyclic) bond motifs is 1. The molecule has 3 aromatic heterocycles. The molecule has 0 unspecified atom stereocenters. The zero-order chi connectivity index (χ0) is 15.8. The van der Waals surface area contributed by atoms with Gasteiger partial charge in [0.2, 0.25) is 0 Å². The van der Waals surface area contributed by atoms with Crippen molar-refractivity contribution < 1.29 is 9.53 Å². The van der Waals surface area contributed by atoms with Crippen LogP contribution in [-0.4, -0.2) is 37.7 Å². The molecule has 1 fully saturated rings. The lowest BCUT2D eigenvalue weighted by molar-refractivity contribution is 0.0792. The first-order chi connectivity index (χ1) is 11.2. The van der Waals surface area contributed by atoms with Crippen LogP contribution in [0.2, 0.25) is 0 Å². The summed E-state index contributed by atoms with van der Waals surface area (Å²) < 4.78 is 9.41. The molecular formula is C16H17N5O2. The predicted molar refractivity (Wildman–Crippen MR) is 83.0 cm³/mol. The Hall–Kier alpha value is -2.67. The van der Waals surface area contributed by atoms with E-state index in [1.807, 2.05) is 29.8 Å². The fourth-order valence-electron chi connectivity index (χ4n) is 3.00. The van der Waals surface area contributed by atoms with E-state index in [0.29, 0.717) is 12.2 Å². The smallest absolute Gasteiger partial charge is 0.253 e. The number of carbonyl (C=O) groups excluding carboxylic acids is 1. The fraction of sp³-hybridized carbons (Fsp3) is 0.312. The monoisotopic (exact) mass is 311 g/mol. The van der Waals surface area contributed by atoms with Crippen molar-refractivity contribution in [2.75, 3.05) is 6.61 Å². The molecule has 1 N–H and O–H groups in total. The van der Waals surface area contributed by atoms with Crippen molar-refractivity contribution in [1.82, 2.24) is 24.5 Å². The van der Waals surface area contributed by atoms with Crippen LogP contribution in [0.3, 0.4) is 0 Å². The van der Waals surface area contributed by atoms with Crippen LogP contribution in [0.4, 0.5) is 0 Å². The summed E-state index contributed by atoms with van der Waals surface area (Å²) in [5, 5.41) is 7.25. The molecule has 1 amide bonds. The molecule has 1 saturated heterocycles. The van der Waals surface area contributed by atoms with E-state index in [9.17, 15) is 4.79 Å². The van der Waals surface area contributed by atoms with Gasteiger partial charge in [0.05, 0.1) is 17.3 Å². The average Bonchev–Trinajstić information content (AvgIpc) is 3.26. The maximum atomic E-state index is 12.5. The summed E-state index contributed by atoms with van der Waals surface area (Å²) in [6, 6.07) is 5.48. The van der Waals surface area contributed by atoms with Crippen LogP contribution in [0, 0.1) is 0 Å². The molecule has 3 aromatic rings. The van der Waals surface area contributed by atoms with Gasteiger partial charge < -0.3 is 14.5 Å². The first kappa shape index (κ1) is 14.0. The third-order valence-corrected chi connectivity index (χ3v) is 4.21. The third kappa shape index (κ3) is 2.49. The molecule has 0 aliphatic carbocycles. The number of nitrogens with zero attached hydrogens (tertiary/aromatic N) is 4. The zero-order valence-corrected chi connectivity index (χ0v) is 12.7.